The summed E-state index contributed by atoms with van der Waals surface area (Å²) in [5, 5.41) is 0.399. The van der Waals surface area contributed by atoms with Gasteiger partial charge in [0.05, 0.1) is 23.1 Å². The van der Waals surface area contributed by atoms with Crippen LogP contribution in [-0.2, 0) is 0 Å². The number of rotatable bonds is 2. The normalized spacial score (nSPS) is 10.1. The molecule has 4 nitrogen and oxygen atoms in total. The van der Waals surface area contributed by atoms with Crippen molar-refractivity contribution in [1.82, 2.24) is 9.97 Å². The lowest BCUT2D eigenvalue weighted by molar-refractivity contribution is 0.438. The Morgan fingerprint density at radius 1 is 1.25 bits per heavy atom. The molecule has 0 spiro atoms. The second-order valence-electron chi connectivity index (χ2n) is 2.97. The topological polar surface area (TPSA) is 61.0 Å². The van der Waals surface area contributed by atoms with E-state index in [4.69, 9.17) is 22.1 Å². The maximum Gasteiger partial charge on any atom is 0.321 e. The van der Waals surface area contributed by atoms with Crippen molar-refractivity contribution in [3.63, 3.8) is 0 Å². The van der Waals surface area contributed by atoms with Crippen LogP contribution in [0, 0.1) is 5.82 Å². The predicted molar refractivity (Wildman–Crippen MR) is 57.9 cm³/mol. The molecule has 0 saturated heterocycles. The lowest BCUT2D eigenvalue weighted by Gasteiger charge is -2.04. The third-order valence-electron chi connectivity index (χ3n) is 1.78. The van der Waals surface area contributed by atoms with Gasteiger partial charge in [0.1, 0.15) is 11.6 Å². The van der Waals surface area contributed by atoms with Crippen molar-refractivity contribution in [3.8, 4) is 11.8 Å². The summed E-state index contributed by atoms with van der Waals surface area (Å²) in [6, 6.07) is 4.18. The molecule has 1 heterocycles. The Bertz CT molecular complexity index is 504. The Morgan fingerprint density at radius 2 is 1.94 bits per heavy atom. The van der Waals surface area contributed by atoms with E-state index in [1.165, 1.54) is 24.5 Å². The number of ether oxygens (including phenoxy) is 1. The first-order valence-electron chi connectivity index (χ1n) is 4.35. The predicted octanol–water partition coefficient (Wildman–Crippen LogP) is 2.64. The van der Waals surface area contributed by atoms with E-state index in [2.05, 4.69) is 9.97 Å². The summed E-state index contributed by atoms with van der Waals surface area (Å²) < 4.78 is 18.3. The molecule has 0 fully saturated rings. The third-order valence-corrected chi connectivity index (χ3v) is 1.97. The molecule has 2 aromatic rings. The van der Waals surface area contributed by atoms with Crippen molar-refractivity contribution < 1.29 is 9.13 Å². The van der Waals surface area contributed by atoms with Gasteiger partial charge in [-0.3, -0.25) is 0 Å². The quantitative estimate of drug-likeness (QED) is 0.819. The van der Waals surface area contributed by atoms with Crippen LogP contribution in [-0.4, -0.2) is 9.97 Å². The number of hydrogen-bond donors (Lipinski definition) is 1. The fourth-order valence-electron chi connectivity index (χ4n) is 1.03. The van der Waals surface area contributed by atoms with E-state index in [0.717, 1.165) is 6.07 Å². The van der Waals surface area contributed by atoms with Crippen molar-refractivity contribution in [2.45, 2.75) is 0 Å². The number of nitrogens with two attached hydrogens (primary N) is 1. The molecular weight excluding hydrogens is 233 g/mol. The highest BCUT2D eigenvalue weighted by molar-refractivity contribution is 6.30. The molecule has 0 bridgehead atoms. The molecule has 0 unspecified atom stereocenters. The van der Waals surface area contributed by atoms with E-state index in [0.29, 0.717) is 5.02 Å². The van der Waals surface area contributed by atoms with Crippen LogP contribution in [0.4, 0.5) is 10.1 Å². The lowest BCUT2D eigenvalue weighted by atomic mass is 10.3. The summed E-state index contributed by atoms with van der Waals surface area (Å²) >= 11 is 5.60. The van der Waals surface area contributed by atoms with E-state index in [-0.39, 0.29) is 17.4 Å². The SMILES string of the molecule is Nc1ccc(Oc2ncc(Cl)cn2)cc1F. The van der Waals surface area contributed by atoms with Crippen LogP contribution in [0.1, 0.15) is 0 Å². The summed E-state index contributed by atoms with van der Waals surface area (Å²) in [7, 11) is 0. The fourth-order valence-corrected chi connectivity index (χ4v) is 1.13. The average Bonchev–Trinajstić information content (AvgIpc) is 2.27. The molecule has 2 N–H and O–H groups in total. The van der Waals surface area contributed by atoms with Gasteiger partial charge < -0.3 is 10.5 Å². The monoisotopic (exact) mass is 239 g/mol. The van der Waals surface area contributed by atoms with Crippen LogP contribution in [0.3, 0.4) is 0 Å². The van der Waals surface area contributed by atoms with Crippen LogP contribution in [0.5, 0.6) is 11.8 Å². The molecule has 0 amide bonds. The van der Waals surface area contributed by atoms with Crippen molar-refractivity contribution >= 4 is 17.3 Å². The fraction of sp³-hybridized carbons (Fsp3) is 0. The second-order valence-corrected chi connectivity index (χ2v) is 3.41. The van der Waals surface area contributed by atoms with Crippen LogP contribution >= 0.6 is 11.6 Å². The van der Waals surface area contributed by atoms with Gasteiger partial charge in [-0.1, -0.05) is 11.6 Å². The minimum atomic E-state index is -0.550. The van der Waals surface area contributed by atoms with Gasteiger partial charge in [-0.25, -0.2) is 14.4 Å². The zero-order valence-electron chi connectivity index (χ0n) is 8.02. The van der Waals surface area contributed by atoms with E-state index < -0.39 is 5.82 Å². The summed E-state index contributed by atoms with van der Waals surface area (Å²) in [4.78, 5) is 7.61. The first-order chi connectivity index (χ1) is 7.65. The average molecular weight is 240 g/mol. The third kappa shape index (κ3) is 2.38. The first kappa shape index (κ1) is 10.6. The van der Waals surface area contributed by atoms with Gasteiger partial charge in [0.15, 0.2) is 0 Å². The molecule has 1 aromatic carbocycles. The largest absolute Gasteiger partial charge is 0.424 e. The van der Waals surface area contributed by atoms with Gasteiger partial charge in [0.2, 0.25) is 0 Å². The Labute approximate surface area is 95.9 Å². The highest BCUT2D eigenvalue weighted by Crippen LogP contribution is 2.22. The van der Waals surface area contributed by atoms with Crippen LogP contribution in [0.25, 0.3) is 0 Å². The van der Waals surface area contributed by atoms with Crippen LogP contribution in [0.2, 0.25) is 5.02 Å². The molecule has 82 valence electrons. The van der Waals surface area contributed by atoms with Crippen molar-refractivity contribution in [1.29, 1.82) is 0 Å². The maximum absolute atomic E-state index is 13.1. The molecule has 0 radical (unpaired) electrons. The Hall–Kier alpha value is -1.88. The van der Waals surface area contributed by atoms with E-state index in [1.807, 2.05) is 0 Å². The number of hydrogen-bond acceptors (Lipinski definition) is 4. The molecule has 1 aromatic heterocycles. The number of benzene rings is 1. The number of nitrogens with zero attached hydrogens (tertiary/aromatic N) is 2. The summed E-state index contributed by atoms with van der Waals surface area (Å²) in [6.07, 6.45) is 2.77. The van der Waals surface area contributed by atoms with E-state index >= 15 is 0 Å². The van der Waals surface area contributed by atoms with Gasteiger partial charge >= 0.3 is 6.01 Å². The van der Waals surface area contributed by atoms with Gasteiger partial charge in [-0.15, -0.1) is 0 Å². The standard InChI is InChI=1S/C10H7ClFN3O/c11-6-4-14-10(15-5-6)16-7-1-2-9(13)8(12)3-7/h1-5H,13H2. The van der Waals surface area contributed by atoms with E-state index in [9.17, 15) is 4.39 Å². The smallest absolute Gasteiger partial charge is 0.321 e. The summed E-state index contributed by atoms with van der Waals surface area (Å²) in [6.45, 7) is 0. The molecule has 0 aliphatic heterocycles. The van der Waals surface area contributed by atoms with Crippen molar-refractivity contribution in [2.75, 3.05) is 5.73 Å². The Balaban J connectivity index is 2.20. The van der Waals surface area contributed by atoms with Gasteiger partial charge in [-0.2, -0.15) is 0 Å². The minimum absolute atomic E-state index is 0.0596. The number of aromatic nitrogens is 2. The molecule has 0 aliphatic rings. The van der Waals surface area contributed by atoms with Gasteiger partial charge in [0, 0.05) is 6.07 Å². The number of nitrogen functional groups attached to an aromatic ring is 1. The molecular formula is C10H7ClFN3O. The maximum atomic E-state index is 13.1. The Kier molecular flexibility index (Phi) is 2.87. The highest BCUT2D eigenvalue weighted by Gasteiger charge is 2.03. The number of halogens is 2. The minimum Gasteiger partial charge on any atom is -0.424 e. The zero-order valence-corrected chi connectivity index (χ0v) is 8.78. The van der Waals surface area contributed by atoms with Crippen molar-refractivity contribution in [2.24, 2.45) is 0 Å². The van der Waals surface area contributed by atoms with Crippen LogP contribution < -0.4 is 10.5 Å². The first-order valence-corrected chi connectivity index (χ1v) is 4.73. The van der Waals surface area contributed by atoms with Crippen LogP contribution in [0.15, 0.2) is 30.6 Å². The highest BCUT2D eigenvalue weighted by atomic mass is 35.5. The molecule has 2 rings (SSSR count). The molecule has 0 atom stereocenters. The van der Waals surface area contributed by atoms with Crippen molar-refractivity contribution in [3.05, 3.63) is 41.4 Å². The number of anilines is 1. The lowest BCUT2D eigenvalue weighted by Crippen LogP contribution is -1.94. The Morgan fingerprint density at radius 3 is 2.56 bits per heavy atom. The molecule has 0 aliphatic carbocycles. The molecule has 0 saturated carbocycles. The van der Waals surface area contributed by atoms with Gasteiger partial charge in [0.25, 0.3) is 0 Å². The van der Waals surface area contributed by atoms with Gasteiger partial charge in [-0.05, 0) is 12.1 Å². The molecule has 6 heteroatoms. The van der Waals surface area contributed by atoms with E-state index in [1.54, 1.807) is 0 Å². The molecule has 16 heavy (non-hydrogen) atoms. The second kappa shape index (κ2) is 4.32. The summed E-state index contributed by atoms with van der Waals surface area (Å²) in [5.74, 6) is -0.277. The zero-order chi connectivity index (χ0) is 11.5. The summed E-state index contributed by atoms with van der Waals surface area (Å²) in [5.41, 5.74) is 5.38.